The molecule has 0 amide bonds. The molecule has 0 aromatic carbocycles. The molecule has 1 rings (SSSR count). The van der Waals surface area contributed by atoms with E-state index in [1.54, 1.807) is 0 Å². The molecule has 0 aliphatic heterocycles. The second-order valence-electron chi connectivity index (χ2n) is 5.58. The van der Waals surface area contributed by atoms with Crippen LogP contribution in [-0.2, 0) is 0 Å². The summed E-state index contributed by atoms with van der Waals surface area (Å²) < 4.78 is 0. The SMILES string of the molecule is C=C(CCC(C)C)N(CC)C1CCCCC1. The molecule has 0 saturated heterocycles. The van der Waals surface area contributed by atoms with Crippen LogP contribution < -0.4 is 0 Å². The summed E-state index contributed by atoms with van der Waals surface area (Å²) in [6, 6.07) is 0.790. The lowest BCUT2D eigenvalue weighted by Gasteiger charge is -2.37. The molecule has 0 N–H and O–H groups in total. The number of allylic oxidation sites excluding steroid dienone is 1. The monoisotopic (exact) mass is 223 g/mol. The number of nitrogens with zero attached hydrogens (tertiary/aromatic N) is 1. The van der Waals surface area contributed by atoms with Gasteiger partial charge in [0.2, 0.25) is 0 Å². The fourth-order valence-corrected chi connectivity index (χ4v) is 2.73. The molecule has 1 fully saturated rings. The molecule has 1 heteroatoms. The summed E-state index contributed by atoms with van der Waals surface area (Å²) in [5.41, 5.74) is 1.38. The van der Waals surface area contributed by atoms with E-state index < -0.39 is 0 Å². The summed E-state index contributed by atoms with van der Waals surface area (Å²) in [5.74, 6) is 0.793. The molecule has 1 aliphatic carbocycles. The van der Waals surface area contributed by atoms with E-state index in [2.05, 4.69) is 32.3 Å². The van der Waals surface area contributed by atoms with Crippen LogP contribution in [0.3, 0.4) is 0 Å². The van der Waals surface area contributed by atoms with Crippen molar-refractivity contribution < 1.29 is 0 Å². The van der Waals surface area contributed by atoms with Gasteiger partial charge in [0.1, 0.15) is 0 Å². The Balaban J connectivity index is 2.41. The maximum absolute atomic E-state index is 4.30. The molecule has 1 nitrogen and oxygen atoms in total. The summed E-state index contributed by atoms with van der Waals surface area (Å²) in [5, 5.41) is 0. The van der Waals surface area contributed by atoms with E-state index in [1.165, 1.54) is 50.6 Å². The second kappa shape index (κ2) is 6.98. The summed E-state index contributed by atoms with van der Waals surface area (Å²) in [6.07, 6.45) is 9.50. The topological polar surface area (TPSA) is 3.24 Å². The quantitative estimate of drug-likeness (QED) is 0.636. The molecular weight excluding hydrogens is 194 g/mol. The first kappa shape index (κ1) is 13.6. The summed E-state index contributed by atoms with van der Waals surface area (Å²) in [4.78, 5) is 2.57. The molecule has 0 spiro atoms. The van der Waals surface area contributed by atoms with Crippen LogP contribution in [0.15, 0.2) is 12.3 Å². The van der Waals surface area contributed by atoms with Crippen molar-refractivity contribution in [2.75, 3.05) is 6.54 Å². The highest BCUT2D eigenvalue weighted by Gasteiger charge is 2.20. The minimum absolute atomic E-state index is 0.790. The molecule has 0 radical (unpaired) electrons. The van der Waals surface area contributed by atoms with Crippen molar-refractivity contribution in [2.45, 2.75) is 71.8 Å². The molecule has 0 atom stereocenters. The van der Waals surface area contributed by atoms with Crippen LogP contribution in [0.2, 0.25) is 0 Å². The molecule has 94 valence electrons. The van der Waals surface area contributed by atoms with Crippen LogP contribution in [0.5, 0.6) is 0 Å². The summed E-state index contributed by atoms with van der Waals surface area (Å²) in [6.45, 7) is 12.3. The number of hydrogen-bond acceptors (Lipinski definition) is 1. The minimum Gasteiger partial charge on any atom is -0.373 e. The maximum atomic E-state index is 4.30. The average Bonchev–Trinajstić information content (AvgIpc) is 2.29. The molecule has 16 heavy (non-hydrogen) atoms. The summed E-state index contributed by atoms with van der Waals surface area (Å²) in [7, 11) is 0. The highest BCUT2D eigenvalue weighted by molar-refractivity contribution is 4.97. The summed E-state index contributed by atoms with van der Waals surface area (Å²) >= 11 is 0. The molecule has 1 saturated carbocycles. The van der Waals surface area contributed by atoms with Gasteiger partial charge in [-0.3, -0.25) is 0 Å². The Hall–Kier alpha value is -0.460. The van der Waals surface area contributed by atoms with Crippen LogP contribution in [0.4, 0.5) is 0 Å². The van der Waals surface area contributed by atoms with Gasteiger partial charge < -0.3 is 4.90 Å². The van der Waals surface area contributed by atoms with Crippen molar-refractivity contribution in [1.82, 2.24) is 4.90 Å². The molecular formula is C15H29N. The van der Waals surface area contributed by atoms with Gasteiger partial charge in [0, 0.05) is 18.3 Å². The van der Waals surface area contributed by atoms with Gasteiger partial charge in [-0.2, -0.15) is 0 Å². The fourth-order valence-electron chi connectivity index (χ4n) is 2.73. The first-order valence-electron chi connectivity index (χ1n) is 7.09. The van der Waals surface area contributed by atoms with E-state index in [4.69, 9.17) is 0 Å². The van der Waals surface area contributed by atoms with E-state index in [0.29, 0.717) is 0 Å². The lowest BCUT2D eigenvalue weighted by molar-refractivity contribution is 0.201. The average molecular weight is 223 g/mol. The minimum atomic E-state index is 0.790. The number of rotatable bonds is 6. The van der Waals surface area contributed by atoms with Gasteiger partial charge >= 0.3 is 0 Å². The molecule has 0 unspecified atom stereocenters. The lowest BCUT2D eigenvalue weighted by atomic mass is 9.93. The van der Waals surface area contributed by atoms with E-state index in [0.717, 1.165) is 18.5 Å². The van der Waals surface area contributed by atoms with Gasteiger partial charge in [-0.25, -0.2) is 0 Å². The Bertz CT molecular complexity index is 201. The third kappa shape index (κ3) is 4.19. The van der Waals surface area contributed by atoms with E-state index in [9.17, 15) is 0 Å². The van der Waals surface area contributed by atoms with E-state index in [1.807, 2.05) is 0 Å². The third-order valence-electron chi connectivity index (χ3n) is 3.77. The first-order valence-corrected chi connectivity index (χ1v) is 7.09. The van der Waals surface area contributed by atoms with Crippen LogP contribution in [0.25, 0.3) is 0 Å². The molecule has 0 bridgehead atoms. The van der Waals surface area contributed by atoms with Gasteiger partial charge in [-0.05, 0) is 38.5 Å². The van der Waals surface area contributed by atoms with Crippen LogP contribution in [0, 0.1) is 5.92 Å². The smallest absolute Gasteiger partial charge is 0.0286 e. The van der Waals surface area contributed by atoms with Gasteiger partial charge in [-0.15, -0.1) is 0 Å². The Morgan fingerprint density at radius 1 is 1.25 bits per heavy atom. The molecule has 0 aromatic heterocycles. The predicted octanol–water partition coefficient (Wildman–Crippen LogP) is 4.59. The largest absolute Gasteiger partial charge is 0.373 e. The van der Waals surface area contributed by atoms with Crippen molar-refractivity contribution in [3.05, 3.63) is 12.3 Å². The second-order valence-corrected chi connectivity index (χ2v) is 5.58. The zero-order valence-electron chi connectivity index (χ0n) is 11.5. The van der Waals surface area contributed by atoms with E-state index >= 15 is 0 Å². The van der Waals surface area contributed by atoms with Crippen molar-refractivity contribution in [2.24, 2.45) is 5.92 Å². The van der Waals surface area contributed by atoms with Gasteiger partial charge in [0.15, 0.2) is 0 Å². The Labute approximate surface area is 102 Å². The molecule has 0 aromatic rings. The van der Waals surface area contributed by atoms with Gasteiger partial charge in [0.25, 0.3) is 0 Å². The van der Waals surface area contributed by atoms with Crippen molar-refractivity contribution in [3.8, 4) is 0 Å². The lowest BCUT2D eigenvalue weighted by Crippen LogP contribution is -2.35. The van der Waals surface area contributed by atoms with E-state index in [-0.39, 0.29) is 0 Å². The van der Waals surface area contributed by atoms with Crippen LogP contribution in [0.1, 0.15) is 65.7 Å². The molecule has 0 heterocycles. The predicted molar refractivity (Wildman–Crippen MR) is 72.5 cm³/mol. The first-order chi connectivity index (χ1) is 7.65. The normalized spacial score (nSPS) is 17.8. The standard InChI is InChI=1S/C15H29N/c1-5-16(14(4)12-11-13(2)3)15-9-7-6-8-10-15/h13,15H,4-12H2,1-3H3. The van der Waals surface area contributed by atoms with Crippen LogP contribution in [-0.4, -0.2) is 17.5 Å². The van der Waals surface area contributed by atoms with Gasteiger partial charge in [0.05, 0.1) is 0 Å². The zero-order valence-corrected chi connectivity index (χ0v) is 11.5. The maximum Gasteiger partial charge on any atom is 0.0286 e. The Morgan fingerprint density at radius 2 is 1.88 bits per heavy atom. The zero-order chi connectivity index (χ0) is 12.0. The number of hydrogen-bond donors (Lipinski definition) is 0. The van der Waals surface area contributed by atoms with Crippen LogP contribution >= 0.6 is 0 Å². The van der Waals surface area contributed by atoms with Gasteiger partial charge in [-0.1, -0.05) is 39.7 Å². The van der Waals surface area contributed by atoms with Crippen molar-refractivity contribution in [3.63, 3.8) is 0 Å². The van der Waals surface area contributed by atoms with Crippen molar-refractivity contribution in [1.29, 1.82) is 0 Å². The Morgan fingerprint density at radius 3 is 2.38 bits per heavy atom. The van der Waals surface area contributed by atoms with Crippen molar-refractivity contribution >= 4 is 0 Å². The highest BCUT2D eigenvalue weighted by atomic mass is 15.2. The Kier molecular flexibility index (Phi) is 5.94. The molecule has 1 aliphatic rings. The fraction of sp³-hybridized carbons (Fsp3) is 0.867. The third-order valence-corrected chi connectivity index (χ3v) is 3.77. The highest BCUT2D eigenvalue weighted by Crippen LogP contribution is 2.26.